The monoisotopic (exact) mass is 283 g/mol. The lowest BCUT2D eigenvalue weighted by molar-refractivity contribution is 0.0742. The fourth-order valence-electron chi connectivity index (χ4n) is 2.30. The third-order valence-electron chi connectivity index (χ3n) is 3.67. The molecule has 110 valence electrons. The molecule has 0 fully saturated rings. The summed E-state index contributed by atoms with van der Waals surface area (Å²) < 4.78 is 5.11. The van der Waals surface area contributed by atoms with Crippen LogP contribution in [0, 0.1) is 0 Å². The van der Waals surface area contributed by atoms with Crippen molar-refractivity contribution in [3.8, 4) is 0 Å². The van der Waals surface area contributed by atoms with Gasteiger partial charge in [-0.05, 0) is 30.2 Å². The third kappa shape index (κ3) is 3.70. The molecule has 2 aromatic rings. The topological polar surface area (TPSA) is 29.5 Å². The van der Waals surface area contributed by atoms with Gasteiger partial charge < -0.3 is 9.64 Å². The smallest absolute Gasteiger partial charge is 0.254 e. The molecule has 0 N–H and O–H groups in total. The third-order valence-corrected chi connectivity index (χ3v) is 3.67. The van der Waals surface area contributed by atoms with Gasteiger partial charge in [0.25, 0.3) is 5.91 Å². The molecule has 0 radical (unpaired) electrons. The fourth-order valence-corrected chi connectivity index (χ4v) is 2.30. The van der Waals surface area contributed by atoms with Gasteiger partial charge in [0, 0.05) is 19.7 Å². The van der Waals surface area contributed by atoms with Crippen molar-refractivity contribution < 1.29 is 9.53 Å². The zero-order chi connectivity index (χ0) is 15.2. The SMILES string of the molecule is COCc1cccc(C(=O)N(C)C(C)c2ccccc2)c1. The number of amides is 1. The summed E-state index contributed by atoms with van der Waals surface area (Å²) in [5.41, 5.74) is 2.82. The first kappa shape index (κ1) is 15.3. The number of ether oxygens (including phenoxy) is 1. The van der Waals surface area contributed by atoms with Gasteiger partial charge in [-0.25, -0.2) is 0 Å². The van der Waals surface area contributed by atoms with Crippen molar-refractivity contribution in [3.63, 3.8) is 0 Å². The highest BCUT2D eigenvalue weighted by molar-refractivity contribution is 5.94. The predicted molar refractivity (Wildman–Crippen MR) is 84.1 cm³/mol. The molecule has 2 aromatic carbocycles. The van der Waals surface area contributed by atoms with E-state index in [0.717, 1.165) is 11.1 Å². The van der Waals surface area contributed by atoms with Gasteiger partial charge in [0.1, 0.15) is 0 Å². The molecule has 0 aliphatic rings. The van der Waals surface area contributed by atoms with E-state index in [1.165, 1.54) is 0 Å². The Hall–Kier alpha value is -2.13. The number of carbonyl (C=O) groups excluding carboxylic acids is 1. The van der Waals surface area contributed by atoms with Crippen molar-refractivity contribution in [1.29, 1.82) is 0 Å². The Kier molecular flexibility index (Phi) is 5.12. The van der Waals surface area contributed by atoms with Crippen molar-refractivity contribution in [2.45, 2.75) is 19.6 Å². The van der Waals surface area contributed by atoms with Gasteiger partial charge in [-0.2, -0.15) is 0 Å². The number of nitrogens with zero attached hydrogens (tertiary/aromatic N) is 1. The largest absolute Gasteiger partial charge is 0.380 e. The van der Waals surface area contributed by atoms with E-state index in [1.54, 1.807) is 12.0 Å². The lowest BCUT2D eigenvalue weighted by Crippen LogP contribution is -2.29. The second-order valence-corrected chi connectivity index (χ2v) is 5.14. The van der Waals surface area contributed by atoms with E-state index < -0.39 is 0 Å². The number of benzene rings is 2. The lowest BCUT2D eigenvalue weighted by atomic mass is 10.1. The van der Waals surface area contributed by atoms with Crippen molar-refractivity contribution >= 4 is 5.91 Å². The normalized spacial score (nSPS) is 12.0. The summed E-state index contributed by atoms with van der Waals surface area (Å²) in [5.74, 6) is 0.0179. The van der Waals surface area contributed by atoms with E-state index in [0.29, 0.717) is 12.2 Å². The quantitative estimate of drug-likeness (QED) is 0.838. The molecule has 0 aliphatic carbocycles. The first-order valence-electron chi connectivity index (χ1n) is 7.03. The minimum Gasteiger partial charge on any atom is -0.380 e. The summed E-state index contributed by atoms with van der Waals surface area (Å²) in [5, 5.41) is 0. The molecule has 0 aliphatic heterocycles. The Morgan fingerprint density at radius 3 is 2.52 bits per heavy atom. The molecule has 1 atom stereocenters. The molecule has 0 bridgehead atoms. The van der Waals surface area contributed by atoms with Gasteiger partial charge in [-0.1, -0.05) is 42.5 Å². The van der Waals surface area contributed by atoms with E-state index in [1.807, 2.05) is 68.6 Å². The molecule has 1 amide bonds. The van der Waals surface area contributed by atoms with Crippen LogP contribution < -0.4 is 0 Å². The average molecular weight is 283 g/mol. The maximum absolute atomic E-state index is 12.6. The summed E-state index contributed by atoms with van der Waals surface area (Å²) in [7, 11) is 3.49. The van der Waals surface area contributed by atoms with Crippen LogP contribution in [-0.2, 0) is 11.3 Å². The molecule has 0 aromatic heterocycles. The Morgan fingerprint density at radius 2 is 1.86 bits per heavy atom. The standard InChI is InChI=1S/C18H21NO2/c1-14(16-9-5-4-6-10-16)19(2)18(20)17-11-7-8-15(12-17)13-21-3/h4-12,14H,13H2,1-3H3. The van der Waals surface area contributed by atoms with Gasteiger partial charge in [0.15, 0.2) is 0 Å². The van der Waals surface area contributed by atoms with Gasteiger partial charge in [-0.3, -0.25) is 4.79 Å². The minimum absolute atomic E-state index is 0.0179. The molecular weight excluding hydrogens is 262 g/mol. The van der Waals surface area contributed by atoms with Crippen LogP contribution in [0.1, 0.15) is 34.5 Å². The Labute approximate surface area is 126 Å². The number of rotatable bonds is 5. The summed E-state index contributed by atoms with van der Waals surface area (Å²) in [6, 6.07) is 17.6. The molecule has 0 saturated carbocycles. The second-order valence-electron chi connectivity index (χ2n) is 5.14. The van der Waals surface area contributed by atoms with E-state index in [4.69, 9.17) is 4.74 Å². The van der Waals surface area contributed by atoms with Gasteiger partial charge in [0.05, 0.1) is 12.6 Å². The first-order valence-corrected chi connectivity index (χ1v) is 7.03. The number of hydrogen-bond acceptors (Lipinski definition) is 2. The van der Waals surface area contributed by atoms with E-state index in [2.05, 4.69) is 0 Å². The molecule has 21 heavy (non-hydrogen) atoms. The van der Waals surface area contributed by atoms with Crippen molar-refractivity contribution in [1.82, 2.24) is 4.90 Å². The highest BCUT2D eigenvalue weighted by Gasteiger charge is 2.18. The highest BCUT2D eigenvalue weighted by atomic mass is 16.5. The Bertz CT molecular complexity index is 595. The van der Waals surface area contributed by atoms with Crippen molar-refractivity contribution in [2.24, 2.45) is 0 Å². The zero-order valence-electron chi connectivity index (χ0n) is 12.7. The van der Waals surface area contributed by atoms with Crippen molar-refractivity contribution in [2.75, 3.05) is 14.2 Å². The van der Waals surface area contributed by atoms with Crippen LogP contribution in [0.5, 0.6) is 0 Å². The van der Waals surface area contributed by atoms with Gasteiger partial charge in [-0.15, -0.1) is 0 Å². The fraction of sp³-hybridized carbons (Fsp3) is 0.278. The molecule has 0 heterocycles. The number of carbonyl (C=O) groups is 1. The maximum atomic E-state index is 12.6. The van der Waals surface area contributed by atoms with Crippen LogP contribution in [0.4, 0.5) is 0 Å². The van der Waals surface area contributed by atoms with E-state index >= 15 is 0 Å². The van der Waals surface area contributed by atoms with Crippen LogP contribution in [0.15, 0.2) is 54.6 Å². The predicted octanol–water partition coefficient (Wildman–Crippen LogP) is 3.67. The van der Waals surface area contributed by atoms with E-state index in [-0.39, 0.29) is 11.9 Å². The van der Waals surface area contributed by atoms with Crippen LogP contribution in [0.3, 0.4) is 0 Å². The summed E-state index contributed by atoms with van der Waals surface area (Å²) in [6.07, 6.45) is 0. The maximum Gasteiger partial charge on any atom is 0.254 e. The summed E-state index contributed by atoms with van der Waals surface area (Å²) in [4.78, 5) is 14.4. The second kappa shape index (κ2) is 7.04. The first-order chi connectivity index (χ1) is 10.1. The van der Waals surface area contributed by atoms with Crippen LogP contribution >= 0.6 is 0 Å². The summed E-state index contributed by atoms with van der Waals surface area (Å²) >= 11 is 0. The number of hydrogen-bond donors (Lipinski definition) is 0. The van der Waals surface area contributed by atoms with E-state index in [9.17, 15) is 4.79 Å². The van der Waals surface area contributed by atoms with Gasteiger partial charge >= 0.3 is 0 Å². The Morgan fingerprint density at radius 1 is 1.14 bits per heavy atom. The van der Waals surface area contributed by atoms with Crippen LogP contribution in [-0.4, -0.2) is 25.0 Å². The lowest BCUT2D eigenvalue weighted by Gasteiger charge is -2.25. The minimum atomic E-state index is 0.0179. The summed E-state index contributed by atoms with van der Waals surface area (Å²) in [6.45, 7) is 2.55. The molecule has 3 nitrogen and oxygen atoms in total. The molecular formula is C18H21NO2. The molecule has 1 unspecified atom stereocenters. The Balaban J connectivity index is 2.17. The van der Waals surface area contributed by atoms with Gasteiger partial charge in [0.2, 0.25) is 0 Å². The van der Waals surface area contributed by atoms with Crippen molar-refractivity contribution in [3.05, 3.63) is 71.3 Å². The number of methoxy groups -OCH3 is 1. The molecule has 2 rings (SSSR count). The highest BCUT2D eigenvalue weighted by Crippen LogP contribution is 2.20. The molecule has 0 saturated heterocycles. The zero-order valence-corrected chi connectivity index (χ0v) is 12.7. The molecule has 3 heteroatoms. The van der Waals surface area contributed by atoms with Crippen LogP contribution in [0.25, 0.3) is 0 Å². The van der Waals surface area contributed by atoms with Crippen LogP contribution in [0.2, 0.25) is 0 Å². The average Bonchev–Trinajstić information content (AvgIpc) is 2.54. The molecule has 0 spiro atoms.